The summed E-state index contributed by atoms with van der Waals surface area (Å²) in [5, 5.41) is 3.59. The molecule has 0 amide bonds. The van der Waals surface area contributed by atoms with Crippen LogP contribution in [0.5, 0.6) is 0 Å². The first-order valence-corrected chi connectivity index (χ1v) is 11.5. The van der Waals surface area contributed by atoms with Crippen LogP contribution in [0.3, 0.4) is 0 Å². The molecular weight excluding hydrogens is 477 g/mol. The van der Waals surface area contributed by atoms with Crippen molar-refractivity contribution in [3.63, 3.8) is 0 Å². The molecular formula is C25H25F3N4O2S. The summed E-state index contributed by atoms with van der Waals surface area (Å²) < 4.78 is 48.2. The van der Waals surface area contributed by atoms with Crippen LogP contribution in [0, 0.1) is 13.8 Å². The van der Waals surface area contributed by atoms with Crippen LogP contribution in [0.4, 0.5) is 13.2 Å². The Morgan fingerprint density at radius 1 is 1.17 bits per heavy atom. The van der Waals surface area contributed by atoms with Gasteiger partial charge in [0, 0.05) is 17.6 Å². The lowest BCUT2D eigenvalue weighted by Gasteiger charge is -2.27. The van der Waals surface area contributed by atoms with Gasteiger partial charge in [-0.3, -0.25) is 9.78 Å². The zero-order valence-corrected chi connectivity index (χ0v) is 20.3. The van der Waals surface area contributed by atoms with Crippen LogP contribution in [0.2, 0.25) is 0 Å². The number of alkyl halides is 3. The number of hydrogen-bond donors (Lipinski definition) is 1. The first kappa shape index (κ1) is 24.7. The quantitative estimate of drug-likeness (QED) is 0.376. The summed E-state index contributed by atoms with van der Waals surface area (Å²) in [7, 11) is 0. The lowest BCUT2D eigenvalue weighted by atomic mass is 9.96. The standard InChI is InChI=1S/C25H25F3N4O2S/c1-4-34-21(33)14-31-23(22(30-24(31)35)19-10-7-8-12-29-19)17-13-15(2)32(16(17)3)20-11-6-5-9-18(20)25(26,27)28/h5-13,22-23H,4,14H2,1-3H3,(H,30,35)/t22-,23-/m0/s1. The van der Waals surface area contributed by atoms with Gasteiger partial charge in [-0.2, -0.15) is 13.2 Å². The average Bonchev–Trinajstić information content (AvgIpc) is 3.29. The maximum atomic E-state index is 13.8. The number of para-hydroxylation sites is 1. The Bertz CT molecular complexity index is 1240. The summed E-state index contributed by atoms with van der Waals surface area (Å²) >= 11 is 5.57. The Morgan fingerprint density at radius 3 is 2.54 bits per heavy atom. The van der Waals surface area contributed by atoms with E-state index in [-0.39, 0.29) is 18.8 Å². The molecule has 1 N–H and O–H groups in total. The van der Waals surface area contributed by atoms with Crippen molar-refractivity contribution in [2.24, 2.45) is 0 Å². The number of nitrogens with zero attached hydrogens (tertiary/aromatic N) is 3. The van der Waals surface area contributed by atoms with Gasteiger partial charge in [0.15, 0.2) is 5.11 Å². The van der Waals surface area contributed by atoms with Gasteiger partial charge in [-0.05, 0) is 68.9 Å². The van der Waals surface area contributed by atoms with Gasteiger partial charge in [0.05, 0.1) is 35.6 Å². The number of halogens is 3. The Kier molecular flexibility index (Phi) is 6.84. The minimum absolute atomic E-state index is 0.0427. The number of benzene rings is 1. The molecule has 1 aliphatic heterocycles. The smallest absolute Gasteiger partial charge is 0.418 e. The van der Waals surface area contributed by atoms with E-state index in [2.05, 4.69) is 10.3 Å². The van der Waals surface area contributed by atoms with Crippen LogP contribution in [0.15, 0.2) is 54.7 Å². The molecule has 0 aliphatic carbocycles. The number of hydrogen-bond acceptors (Lipinski definition) is 4. The fraction of sp³-hybridized carbons (Fsp3) is 0.320. The number of aromatic nitrogens is 2. The second-order valence-corrected chi connectivity index (χ2v) is 8.62. The molecule has 35 heavy (non-hydrogen) atoms. The Balaban J connectivity index is 1.86. The summed E-state index contributed by atoms with van der Waals surface area (Å²) in [5.41, 5.74) is 2.01. The van der Waals surface area contributed by atoms with Gasteiger partial charge < -0.3 is 19.5 Å². The molecule has 3 aromatic rings. The zero-order valence-electron chi connectivity index (χ0n) is 19.5. The molecule has 0 spiro atoms. The number of aryl methyl sites for hydroxylation is 1. The van der Waals surface area contributed by atoms with E-state index in [9.17, 15) is 18.0 Å². The third-order valence-corrected chi connectivity index (χ3v) is 6.39. The number of thiocarbonyl (C=S) groups is 1. The summed E-state index contributed by atoms with van der Waals surface area (Å²) in [6.07, 6.45) is -2.85. The topological polar surface area (TPSA) is 59.4 Å². The predicted octanol–water partition coefficient (Wildman–Crippen LogP) is 5.04. The van der Waals surface area contributed by atoms with E-state index >= 15 is 0 Å². The molecule has 1 fully saturated rings. The number of pyridine rings is 1. The van der Waals surface area contributed by atoms with E-state index in [4.69, 9.17) is 17.0 Å². The van der Waals surface area contributed by atoms with E-state index in [0.29, 0.717) is 22.2 Å². The minimum Gasteiger partial charge on any atom is -0.465 e. The molecule has 184 valence electrons. The number of rotatable bonds is 6. The fourth-order valence-electron chi connectivity index (χ4n) is 4.63. The number of nitrogens with one attached hydrogen (secondary N) is 1. The van der Waals surface area contributed by atoms with E-state index in [1.54, 1.807) is 48.6 Å². The third-order valence-electron chi connectivity index (χ3n) is 6.04. The van der Waals surface area contributed by atoms with Crippen LogP contribution >= 0.6 is 12.2 Å². The summed E-state index contributed by atoms with van der Waals surface area (Å²) in [5.74, 6) is -0.445. The van der Waals surface area contributed by atoms with Crippen molar-refractivity contribution in [1.82, 2.24) is 19.8 Å². The van der Waals surface area contributed by atoms with Gasteiger partial charge in [-0.15, -0.1) is 0 Å². The SMILES string of the molecule is CCOC(=O)CN1C(=S)N[C@@H](c2ccccn2)[C@@H]1c1cc(C)n(-c2ccccc2C(F)(F)F)c1C. The highest BCUT2D eigenvalue weighted by molar-refractivity contribution is 7.80. The third kappa shape index (κ3) is 4.75. The van der Waals surface area contributed by atoms with Crippen molar-refractivity contribution in [3.05, 3.63) is 82.9 Å². The second kappa shape index (κ2) is 9.69. The zero-order chi connectivity index (χ0) is 25.3. The lowest BCUT2D eigenvalue weighted by Crippen LogP contribution is -2.35. The molecule has 6 nitrogen and oxygen atoms in total. The van der Waals surface area contributed by atoms with E-state index in [1.807, 2.05) is 18.2 Å². The van der Waals surface area contributed by atoms with Gasteiger partial charge in [0.25, 0.3) is 0 Å². The molecule has 10 heteroatoms. The maximum absolute atomic E-state index is 13.8. The molecule has 3 heterocycles. The van der Waals surface area contributed by atoms with Crippen LogP contribution in [0.1, 0.15) is 47.2 Å². The predicted molar refractivity (Wildman–Crippen MR) is 129 cm³/mol. The van der Waals surface area contributed by atoms with Gasteiger partial charge in [-0.1, -0.05) is 18.2 Å². The largest absolute Gasteiger partial charge is 0.465 e. The summed E-state index contributed by atoms with van der Waals surface area (Å²) in [6.45, 7) is 5.38. The van der Waals surface area contributed by atoms with Crippen LogP contribution in [-0.2, 0) is 15.7 Å². The first-order chi connectivity index (χ1) is 16.6. The molecule has 0 radical (unpaired) electrons. The van der Waals surface area contributed by atoms with Crippen molar-refractivity contribution in [1.29, 1.82) is 0 Å². The first-order valence-electron chi connectivity index (χ1n) is 11.1. The van der Waals surface area contributed by atoms with E-state index < -0.39 is 29.8 Å². The van der Waals surface area contributed by atoms with Crippen LogP contribution in [0.25, 0.3) is 5.69 Å². The van der Waals surface area contributed by atoms with Gasteiger partial charge in [0.2, 0.25) is 0 Å². The normalized spacial score (nSPS) is 18.0. The molecule has 2 aromatic heterocycles. The number of esters is 1. The highest BCUT2D eigenvalue weighted by Crippen LogP contribution is 2.42. The molecule has 0 saturated carbocycles. The number of carbonyl (C=O) groups is 1. The van der Waals surface area contributed by atoms with Crippen molar-refractivity contribution in [3.8, 4) is 5.69 Å². The molecule has 1 aromatic carbocycles. The Hall–Kier alpha value is -3.40. The monoisotopic (exact) mass is 502 g/mol. The van der Waals surface area contributed by atoms with Gasteiger partial charge in [-0.25, -0.2) is 0 Å². The maximum Gasteiger partial charge on any atom is 0.418 e. The van der Waals surface area contributed by atoms with Crippen molar-refractivity contribution >= 4 is 23.3 Å². The molecule has 2 atom stereocenters. The van der Waals surface area contributed by atoms with Gasteiger partial charge >= 0.3 is 12.1 Å². The Labute approximate surface area is 206 Å². The van der Waals surface area contributed by atoms with Crippen LogP contribution in [-0.4, -0.2) is 38.7 Å². The van der Waals surface area contributed by atoms with Crippen molar-refractivity contribution < 1.29 is 22.7 Å². The summed E-state index contributed by atoms with van der Waals surface area (Å²) in [4.78, 5) is 18.6. The number of carbonyl (C=O) groups excluding carboxylic acids is 1. The van der Waals surface area contributed by atoms with Crippen LogP contribution < -0.4 is 5.32 Å². The molecule has 1 aliphatic rings. The average molecular weight is 503 g/mol. The molecule has 0 unspecified atom stereocenters. The van der Waals surface area contributed by atoms with E-state index in [1.165, 1.54) is 12.1 Å². The Morgan fingerprint density at radius 2 is 1.89 bits per heavy atom. The fourth-order valence-corrected chi connectivity index (χ4v) is 4.93. The highest BCUT2D eigenvalue weighted by atomic mass is 32.1. The van der Waals surface area contributed by atoms with E-state index in [0.717, 1.165) is 11.6 Å². The lowest BCUT2D eigenvalue weighted by molar-refractivity contribution is -0.143. The second-order valence-electron chi connectivity index (χ2n) is 8.24. The number of ether oxygens (including phenoxy) is 1. The minimum atomic E-state index is -4.51. The summed E-state index contributed by atoms with van der Waals surface area (Å²) in [6, 6.07) is 11.9. The highest BCUT2D eigenvalue weighted by Gasteiger charge is 2.43. The molecule has 0 bridgehead atoms. The van der Waals surface area contributed by atoms with Gasteiger partial charge in [0.1, 0.15) is 6.54 Å². The van der Waals surface area contributed by atoms with Crippen molar-refractivity contribution in [2.75, 3.05) is 13.2 Å². The molecule has 4 rings (SSSR count). The van der Waals surface area contributed by atoms with Crippen molar-refractivity contribution in [2.45, 2.75) is 39.0 Å². The molecule has 1 saturated heterocycles.